The number of para-hydroxylation sites is 1. The fourth-order valence-electron chi connectivity index (χ4n) is 2.92. The highest BCUT2D eigenvalue weighted by molar-refractivity contribution is 6.05. The summed E-state index contributed by atoms with van der Waals surface area (Å²) in [5.41, 5.74) is 1.46. The monoisotopic (exact) mass is 446 g/mol. The van der Waals surface area contributed by atoms with Gasteiger partial charge in [-0.3, -0.25) is 0 Å². The Labute approximate surface area is 192 Å². The van der Waals surface area contributed by atoms with Crippen molar-refractivity contribution in [1.82, 2.24) is 0 Å². The number of hydrogen-bond acceptors (Lipinski definition) is 5. The molecule has 0 radical (unpaired) electrons. The van der Waals surface area contributed by atoms with Gasteiger partial charge in [-0.15, -0.1) is 0 Å². The molecule has 0 aliphatic rings. The predicted molar refractivity (Wildman–Crippen MR) is 126 cm³/mol. The summed E-state index contributed by atoms with van der Waals surface area (Å²) in [7, 11) is 0. The van der Waals surface area contributed by atoms with E-state index in [2.05, 4.69) is 10.6 Å². The average molecular weight is 447 g/mol. The second kappa shape index (κ2) is 10.5. The molecule has 0 atom stereocenters. The molecule has 7 nitrogen and oxygen atoms in total. The van der Waals surface area contributed by atoms with Gasteiger partial charge in [0, 0.05) is 5.69 Å². The summed E-state index contributed by atoms with van der Waals surface area (Å²) in [5.74, 6) is -1.04. The molecule has 0 fully saturated rings. The highest BCUT2D eigenvalue weighted by atomic mass is 16.6. The number of benzene rings is 3. The van der Waals surface area contributed by atoms with Gasteiger partial charge >= 0.3 is 18.0 Å². The average Bonchev–Trinajstić information content (AvgIpc) is 2.77. The normalized spacial score (nSPS) is 10.8. The minimum absolute atomic E-state index is 0.152. The van der Waals surface area contributed by atoms with Crippen LogP contribution in [0.25, 0.3) is 0 Å². The molecule has 0 heterocycles. The molecule has 3 rings (SSSR count). The zero-order valence-electron chi connectivity index (χ0n) is 18.8. The van der Waals surface area contributed by atoms with Crippen LogP contribution in [0, 0.1) is 0 Å². The van der Waals surface area contributed by atoms with Crippen molar-refractivity contribution in [3.63, 3.8) is 0 Å². The van der Waals surface area contributed by atoms with Crippen molar-refractivity contribution in [2.45, 2.75) is 33.0 Å². The number of hydrogen-bond donors (Lipinski definition) is 2. The number of rotatable bonds is 6. The molecule has 0 saturated carbocycles. The molecule has 2 amide bonds. The van der Waals surface area contributed by atoms with Gasteiger partial charge in [0.2, 0.25) is 0 Å². The van der Waals surface area contributed by atoms with Crippen molar-refractivity contribution in [3.8, 4) is 0 Å². The van der Waals surface area contributed by atoms with Crippen LogP contribution in [0.2, 0.25) is 0 Å². The number of nitrogens with one attached hydrogen (secondary N) is 2. The number of urea groups is 1. The summed E-state index contributed by atoms with van der Waals surface area (Å²) < 4.78 is 10.7. The molecule has 0 bridgehead atoms. The Morgan fingerprint density at radius 3 is 2.21 bits per heavy atom. The summed E-state index contributed by atoms with van der Waals surface area (Å²) in [5, 5.41) is 5.32. The topological polar surface area (TPSA) is 93.7 Å². The van der Waals surface area contributed by atoms with E-state index < -0.39 is 23.6 Å². The van der Waals surface area contributed by atoms with E-state index in [9.17, 15) is 14.4 Å². The zero-order chi connectivity index (χ0) is 23.8. The molecule has 7 heteroatoms. The van der Waals surface area contributed by atoms with Gasteiger partial charge in [0.15, 0.2) is 0 Å². The molecule has 33 heavy (non-hydrogen) atoms. The van der Waals surface area contributed by atoms with Crippen molar-refractivity contribution in [1.29, 1.82) is 0 Å². The Hall–Kier alpha value is -4.13. The number of amides is 2. The second-order valence-corrected chi connectivity index (χ2v) is 8.27. The Balaban J connectivity index is 1.63. The van der Waals surface area contributed by atoms with Crippen LogP contribution < -0.4 is 10.6 Å². The van der Waals surface area contributed by atoms with Crippen LogP contribution in [-0.2, 0) is 16.1 Å². The lowest BCUT2D eigenvalue weighted by atomic mass is 10.1. The van der Waals surface area contributed by atoms with Crippen LogP contribution in [-0.4, -0.2) is 23.6 Å². The first kappa shape index (κ1) is 23.5. The first-order valence-electron chi connectivity index (χ1n) is 10.4. The van der Waals surface area contributed by atoms with Gasteiger partial charge in [0.05, 0.1) is 16.8 Å². The number of esters is 2. The number of ether oxygens (including phenoxy) is 2. The Bertz CT molecular complexity index is 1140. The predicted octanol–water partition coefficient (Wildman–Crippen LogP) is 5.64. The van der Waals surface area contributed by atoms with E-state index in [-0.39, 0.29) is 12.2 Å². The van der Waals surface area contributed by atoms with Crippen LogP contribution in [0.15, 0.2) is 78.9 Å². The molecule has 170 valence electrons. The molecule has 3 aromatic carbocycles. The van der Waals surface area contributed by atoms with Crippen molar-refractivity contribution in [2.75, 3.05) is 10.6 Å². The van der Waals surface area contributed by atoms with E-state index in [1.54, 1.807) is 63.2 Å². The SMILES string of the molecule is CC(C)(C)OC(=O)c1ccccc1NC(=O)Nc1cccc(C(=O)OCc2ccccc2)c1. The molecular formula is C26H26N2O5. The molecule has 0 aliphatic heterocycles. The van der Waals surface area contributed by atoms with Crippen LogP contribution >= 0.6 is 0 Å². The second-order valence-electron chi connectivity index (χ2n) is 8.27. The summed E-state index contributed by atoms with van der Waals surface area (Å²) in [4.78, 5) is 37.4. The Kier molecular flexibility index (Phi) is 7.46. The van der Waals surface area contributed by atoms with Crippen LogP contribution in [0.1, 0.15) is 47.1 Å². The van der Waals surface area contributed by atoms with Crippen LogP contribution in [0.4, 0.5) is 16.2 Å². The summed E-state index contributed by atoms with van der Waals surface area (Å²) in [6.07, 6.45) is 0. The molecule has 0 spiro atoms. The highest BCUT2D eigenvalue weighted by Gasteiger charge is 2.21. The van der Waals surface area contributed by atoms with Gasteiger partial charge in [-0.2, -0.15) is 0 Å². The van der Waals surface area contributed by atoms with E-state index in [1.165, 1.54) is 6.07 Å². The lowest BCUT2D eigenvalue weighted by Crippen LogP contribution is -2.26. The first-order valence-corrected chi connectivity index (χ1v) is 10.4. The third kappa shape index (κ3) is 7.21. The quantitative estimate of drug-likeness (QED) is 0.478. The van der Waals surface area contributed by atoms with Gasteiger partial charge in [-0.1, -0.05) is 48.5 Å². The molecule has 3 aromatic rings. The van der Waals surface area contributed by atoms with E-state index in [4.69, 9.17) is 9.47 Å². The van der Waals surface area contributed by atoms with Crippen molar-refractivity contribution < 1.29 is 23.9 Å². The van der Waals surface area contributed by atoms with Crippen molar-refractivity contribution in [2.24, 2.45) is 0 Å². The summed E-state index contributed by atoms with van der Waals surface area (Å²) in [6.45, 7) is 5.46. The van der Waals surface area contributed by atoms with Crippen molar-refractivity contribution in [3.05, 3.63) is 95.6 Å². The highest BCUT2D eigenvalue weighted by Crippen LogP contribution is 2.20. The number of anilines is 2. The minimum Gasteiger partial charge on any atom is -0.457 e. The van der Waals surface area contributed by atoms with Crippen LogP contribution in [0.5, 0.6) is 0 Å². The van der Waals surface area contributed by atoms with E-state index in [0.29, 0.717) is 16.9 Å². The van der Waals surface area contributed by atoms with E-state index >= 15 is 0 Å². The van der Waals surface area contributed by atoms with Gasteiger partial charge < -0.3 is 20.1 Å². The van der Waals surface area contributed by atoms with Crippen molar-refractivity contribution >= 4 is 29.3 Å². The third-order valence-electron chi connectivity index (χ3n) is 4.36. The van der Waals surface area contributed by atoms with E-state index in [0.717, 1.165) is 5.56 Å². The van der Waals surface area contributed by atoms with Gasteiger partial charge in [-0.25, -0.2) is 14.4 Å². The van der Waals surface area contributed by atoms with Gasteiger partial charge in [0.25, 0.3) is 0 Å². The summed E-state index contributed by atoms with van der Waals surface area (Å²) in [6, 6.07) is 21.8. The molecule has 2 N–H and O–H groups in total. The fraction of sp³-hybridized carbons (Fsp3) is 0.192. The van der Waals surface area contributed by atoms with Crippen LogP contribution in [0.3, 0.4) is 0 Å². The maximum atomic E-state index is 12.5. The largest absolute Gasteiger partial charge is 0.457 e. The molecule has 0 aromatic heterocycles. The summed E-state index contributed by atoms with van der Waals surface area (Å²) >= 11 is 0. The maximum Gasteiger partial charge on any atom is 0.340 e. The lowest BCUT2D eigenvalue weighted by Gasteiger charge is -2.20. The standard InChI is InChI=1S/C26H26N2O5/c1-26(2,3)33-24(30)21-14-7-8-15-22(21)28-25(31)27-20-13-9-12-19(16-20)23(29)32-17-18-10-5-4-6-11-18/h4-16H,17H2,1-3H3,(H2,27,28,31). The number of carbonyl (C=O) groups excluding carboxylic acids is 3. The molecule has 0 aliphatic carbocycles. The lowest BCUT2D eigenvalue weighted by molar-refractivity contribution is 0.00705. The molecular weight excluding hydrogens is 420 g/mol. The van der Waals surface area contributed by atoms with Gasteiger partial charge in [-0.05, 0) is 56.7 Å². The minimum atomic E-state index is -0.665. The smallest absolute Gasteiger partial charge is 0.340 e. The fourth-order valence-corrected chi connectivity index (χ4v) is 2.92. The van der Waals surface area contributed by atoms with Gasteiger partial charge in [0.1, 0.15) is 12.2 Å². The zero-order valence-corrected chi connectivity index (χ0v) is 18.8. The third-order valence-corrected chi connectivity index (χ3v) is 4.36. The molecule has 0 unspecified atom stereocenters. The first-order chi connectivity index (χ1) is 15.7. The maximum absolute atomic E-state index is 12.5. The Morgan fingerprint density at radius 2 is 1.48 bits per heavy atom. The Morgan fingerprint density at radius 1 is 0.788 bits per heavy atom. The van der Waals surface area contributed by atoms with E-state index in [1.807, 2.05) is 30.3 Å². The molecule has 0 saturated heterocycles. The number of carbonyl (C=O) groups is 3.